The van der Waals surface area contributed by atoms with Gasteiger partial charge in [0.25, 0.3) is 0 Å². The van der Waals surface area contributed by atoms with Crippen LogP contribution in [0, 0.1) is 5.92 Å². The molecule has 3 rings (SSSR count). The third-order valence-electron chi connectivity index (χ3n) is 3.46. The smallest absolute Gasteiger partial charge is 0.377 e. The molecule has 0 saturated heterocycles. The van der Waals surface area contributed by atoms with Crippen molar-refractivity contribution in [3.63, 3.8) is 0 Å². The first kappa shape index (κ1) is 13.5. The highest BCUT2D eigenvalue weighted by atomic mass is 32.1. The first-order chi connectivity index (χ1) is 9.54. The second-order valence-corrected chi connectivity index (χ2v) is 6.03. The van der Waals surface area contributed by atoms with Crippen molar-refractivity contribution in [2.24, 2.45) is 5.92 Å². The molecule has 0 bridgehead atoms. The van der Waals surface area contributed by atoms with Gasteiger partial charge in [-0.15, -0.1) is 11.3 Å². The standard InChI is InChI=1S/C15H14F3NS/c16-15(17,18)11-3-1-4-12(9-11)19-14(10-6-7-10)13-5-2-8-20-13/h1-5,8-10,14,19H,6-7H2. The van der Waals surface area contributed by atoms with Crippen molar-refractivity contribution in [1.29, 1.82) is 0 Å². The SMILES string of the molecule is FC(F)(F)c1cccc(NC(c2cccs2)C2CC2)c1. The van der Waals surface area contributed by atoms with Gasteiger partial charge in [0, 0.05) is 10.6 Å². The molecule has 1 heterocycles. The molecule has 0 radical (unpaired) electrons. The summed E-state index contributed by atoms with van der Waals surface area (Å²) < 4.78 is 38.2. The van der Waals surface area contributed by atoms with E-state index in [2.05, 4.69) is 5.32 Å². The molecule has 1 aliphatic rings. The molecule has 5 heteroatoms. The second kappa shape index (κ2) is 5.13. The van der Waals surface area contributed by atoms with E-state index in [0.717, 1.165) is 18.9 Å². The fraction of sp³-hybridized carbons (Fsp3) is 0.333. The number of alkyl halides is 3. The van der Waals surface area contributed by atoms with Crippen LogP contribution in [0.2, 0.25) is 0 Å². The molecule has 1 atom stereocenters. The van der Waals surface area contributed by atoms with Gasteiger partial charge in [0.05, 0.1) is 11.6 Å². The van der Waals surface area contributed by atoms with Crippen molar-refractivity contribution >= 4 is 17.0 Å². The third-order valence-corrected chi connectivity index (χ3v) is 4.41. The summed E-state index contributed by atoms with van der Waals surface area (Å²) in [4.78, 5) is 1.19. The predicted octanol–water partition coefficient (Wildman–Crippen LogP) is 5.33. The van der Waals surface area contributed by atoms with Crippen molar-refractivity contribution < 1.29 is 13.2 Å². The molecule has 106 valence electrons. The lowest BCUT2D eigenvalue weighted by Gasteiger charge is -2.19. The average molecular weight is 297 g/mol. The number of thiophene rings is 1. The molecule has 0 spiro atoms. The number of nitrogens with one attached hydrogen (secondary N) is 1. The topological polar surface area (TPSA) is 12.0 Å². The number of halogens is 3. The zero-order valence-electron chi connectivity index (χ0n) is 10.7. The lowest BCUT2D eigenvalue weighted by molar-refractivity contribution is -0.137. The van der Waals surface area contributed by atoms with E-state index in [4.69, 9.17) is 0 Å². The lowest BCUT2D eigenvalue weighted by Crippen LogP contribution is -2.12. The summed E-state index contributed by atoms with van der Waals surface area (Å²) in [6.45, 7) is 0. The number of rotatable bonds is 4. The van der Waals surface area contributed by atoms with Crippen LogP contribution in [0.1, 0.15) is 29.3 Å². The predicted molar refractivity (Wildman–Crippen MR) is 74.9 cm³/mol. The van der Waals surface area contributed by atoms with Crippen LogP contribution in [-0.4, -0.2) is 0 Å². The fourth-order valence-corrected chi connectivity index (χ4v) is 3.15. The van der Waals surface area contributed by atoms with E-state index in [1.165, 1.54) is 17.0 Å². The normalized spacial score (nSPS) is 16.9. The summed E-state index contributed by atoms with van der Waals surface area (Å²) in [6, 6.07) is 9.56. The molecule has 0 amide bonds. The van der Waals surface area contributed by atoms with Gasteiger partial charge in [-0.2, -0.15) is 13.2 Å². The summed E-state index contributed by atoms with van der Waals surface area (Å²) >= 11 is 1.64. The zero-order chi connectivity index (χ0) is 14.2. The van der Waals surface area contributed by atoms with E-state index in [1.54, 1.807) is 17.4 Å². The zero-order valence-corrected chi connectivity index (χ0v) is 11.5. The number of benzene rings is 1. The Balaban J connectivity index is 1.82. The van der Waals surface area contributed by atoms with Gasteiger partial charge in [-0.3, -0.25) is 0 Å². The molecule has 1 saturated carbocycles. The first-order valence-electron chi connectivity index (χ1n) is 6.51. The summed E-state index contributed by atoms with van der Waals surface area (Å²) in [5.74, 6) is 0.531. The largest absolute Gasteiger partial charge is 0.416 e. The summed E-state index contributed by atoms with van der Waals surface area (Å²) in [5.41, 5.74) is -0.0756. The van der Waals surface area contributed by atoms with E-state index >= 15 is 0 Å². The minimum absolute atomic E-state index is 0.124. The average Bonchev–Trinajstić information content (AvgIpc) is 3.10. The lowest BCUT2D eigenvalue weighted by atomic mass is 10.1. The van der Waals surface area contributed by atoms with Gasteiger partial charge < -0.3 is 5.32 Å². The van der Waals surface area contributed by atoms with E-state index in [-0.39, 0.29) is 6.04 Å². The molecule has 20 heavy (non-hydrogen) atoms. The van der Waals surface area contributed by atoms with Crippen LogP contribution in [-0.2, 0) is 6.18 Å². The minimum Gasteiger partial charge on any atom is -0.377 e. The van der Waals surface area contributed by atoms with Crippen LogP contribution in [0.25, 0.3) is 0 Å². The molecule has 1 aliphatic carbocycles. The minimum atomic E-state index is -4.30. The Morgan fingerprint density at radius 2 is 1.95 bits per heavy atom. The van der Waals surface area contributed by atoms with Gasteiger partial charge in [0.15, 0.2) is 0 Å². The van der Waals surface area contributed by atoms with Crippen LogP contribution in [0.5, 0.6) is 0 Å². The van der Waals surface area contributed by atoms with E-state index < -0.39 is 11.7 Å². The number of hydrogen-bond donors (Lipinski definition) is 1. The van der Waals surface area contributed by atoms with E-state index in [1.807, 2.05) is 17.5 Å². The second-order valence-electron chi connectivity index (χ2n) is 5.05. The van der Waals surface area contributed by atoms with Crippen LogP contribution < -0.4 is 5.32 Å². The fourth-order valence-electron chi connectivity index (χ4n) is 2.28. The van der Waals surface area contributed by atoms with Crippen LogP contribution in [0.4, 0.5) is 18.9 Å². The van der Waals surface area contributed by atoms with E-state index in [0.29, 0.717) is 11.6 Å². The van der Waals surface area contributed by atoms with Crippen LogP contribution in [0.15, 0.2) is 41.8 Å². The van der Waals surface area contributed by atoms with Gasteiger partial charge in [-0.05, 0) is 48.4 Å². The van der Waals surface area contributed by atoms with Gasteiger partial charge in [-0.25, -0.2) is 0 Å². The van der Waals surface area contributed by atoms with Crippen molar-refractivity contribution in [2.75, 3.05) is 5.32 Å². The third kappa shape index (κ3) is 2.98. The molecule has 1 unspecified atom stereocenters. The maximum atomic E-state index is 12.7. The first-order valence-corrected chi connectivity index (χ1v) is 7.39. The van der Waals surface area contributed by atoms with Gasteiger partial charge in [0.1, 0.15) is 0 Å². The molecule has 1 N–H and O–H groups in total. The molecule has 1 fully saturated rings. The van der Waals surface area contributed by atoms with Crippen molar-refractivity contribution in [3.8, 4) is 0 Å². The summed E-state index contributed by atoms with van der Waals surface area (Å²) in [5, 5.41) is 5.26. The Morgan fingerprint density at radius 3 is 2.55 bits per heavy atom. The molecule has 0 aliphatic heterocycles. The monoisotopic (exact) mass is 297 g/mol. The molecule has 1 nitrogen and oxygen atoms in total. The summed E-state index contributed by atoms with van der Waals surface area (Å²) in [6.07, 6.45) is -2.03. The van der Waals surface area contributed by atoms with Crippen LogP contribution in [0.3, 0.4) is 0 Å². The Bertz CT molecular complexity index is 573. The highest BCUT2D eigenvalue weighted by Crippen LogP contribution is 2.44. The van der Waals surface area contributed by atoms with Crippen LogP contribution >= 0.6 is 11.3 Å². The Labute approximate surface area is 119 Å². The highest BCUT2D eigenvalue weighted by molar-refractivity contribution is 7.10. The highest BCUT2D eigenvalue weighted by Gasteiger charge is 2.34. The molecule has 2 aromatic rings. The molecular formula is C15H14F3NS. The molecule has 1 aromatic heterocycles. The molecule has 1 aromatic carbocycles. The van der Waals surface area contributed by atoms with Crippen molar-refractivity contribution in [2.45, 2.75) is 25.1 Å². The Hall–Kier alpha value is -1.49. The maximum Gasteiger partial charge on any atom is 0.416 e. The Morgan fingerprint density at radius 1 is 1.15 bits per heavy atom. The molecular weight excluding hydrogens is 283 g/mol. The van der Waals surface area contributed by atoms with Crippen molar-refractivity contribution in [1.82, 2.24) is 0 Å². The number of anilines is 1. The van der Waals surface area contributed by atoms with Crippen molar-refractivity contribution in [3.05, 3.63) is 52.2 Å². The Kier molecular flexibility index (Phi) is 3.46. The van der Waals surface area contributed by atoms with Gasteiger partial charge >= 0.3 is 6.18 Å². The van der Waals surface area contributed by atoms with Gasteiger partial charge in [0.2, 0.25) is 0 Å². The summed E-state index contributed by atoms with van der Waals surface area (Å²) in [7, 11) is 0. The quantitative estimate of drug-likeness (QED) is 0.804. The number of hydrogen-bond acceptors (Lipinski definition) is 2. The van der Waals surface area contributed by atoms with Gasteiger partial charge in [-0.1, -0.05) is 12.1 Å². The maximum absolute atomic E-state index is 12.7. The van der Waals surface area contributed by atoms with E-state index in [9.17, 15) is 13.2 Å².